The number of aromatic nitrogens is 2. The molecule has 2 aromatic heterocycles. The van der Waals surface area contributed by atoms with Crippen LogP contribution in [0.1, 0.15) is 30.1 Å². The summed E-state index contributed by atoms with van der Waals surface area (Å²) in [4.78, 5) is 35.7. The number of ether oxygens (including phenoxy) is 2. The minimum absolute atomic E-state index is 0.0970. The van der Waals surface area contributed by atoms with Gasteiger partial charge in [0.15, 0.2) is 5.13 Å². The molecule has 1 aliphatic rings. The van der Waals surface area contributed by atoms with Crippen molar-refractivity contribution in [2.45, 2.75) is 19.8 Å². The molecule has 10 heteroatoms. The zero-order valence-electron chi connectivity index (χ0n) is 18.9. The average Bonchev–Trinajstić information content (AvgIpc) is 3.33. The van der Waals surface area contributed by atoms with Crippen LogP contribution in [0.15, 0.2) is 41.9 Å². The quantitative estimate of drug-likeness (QED) is 0.461. The molecule has 3 aromatic rings. The molecule has 34 heavy (non-hydrogen) atoms. The van der Waals surface area contributed by atoms with E-state index in [-0.39, 0.29) is 17.8 Å². The van der Waals surface area contributed by atoms with Gasteiger partial charge in [0.05, 0.1) is 35.9 Å². The lowest BCUT2D eigenvalue weighted by molar-refractivity contribution is -0.148. The second-order valence-electron chi connectivity index (χ2n) is 7.77. The van der Waals surface area contributed by atoms with Crippen LogP contribution in [0.3, 0.4) is 0 Å². The predicted molar refractivity (Wildman–Crippen MR) is 133 cm³/mol. The van der Waals surface area contributed by atoms with Crippen molar-refractivity contribution in [2.24, 2.45) is 5.92 Å². The minimum Gasteiger partial charge on any atom is -0.497 e. The van der Waals surface area contributed by atoms with Crippen molar-refractivity contribution >= 4 is 45.8 Å². The fraction of sp³-hybridized carbons (Fsp3) is 0.333. The van der Waals surface area contributed by atoms with Gasteiger partial charge in [-0.05, 0) is 38.0 Å². The van der Waals surface area contributed by atoms with Crippen molar-refractivity contribution < 1.29 is 19.1 Å². The summed E-state index contributed by atoms with van der Waals surface area (Å²) in [6, 6.07) is 9.18. The molecule has 8 nitrogen and oxygen atoms in total. The van der Waals surface area contributed by atoms with Gasteiger partial charge in [-0.1, -0.05) is 23.7 Å². The SMILES string of the molecule is CCOC(=O)C1CCN(c2ncc(C(=O)Nc3nc(-c4cccc(OC)c4)cs3)cc2Cl)CC1. The second-order valence-corrected chi connectivity index (χ2v) is 9.03. The number of carbonyl (C=O) groups is 2. The molecular formula is C24H25ClN4O4S. The monoisotopic (exact) mass is 500 g/mol. The molecule has 1 aromatic carbocycles. The van der Waals surface area contributed by atoms with Crippen molar-refractivity contribution in [3.05, 3.63) is 52.5 Å². The number of nitrogens with one attached hydrogen (secondary N) is 1. The highest BCUT2D eigenvalue weighted by atomic mass is 35.5. The summed E-state index contributed by atoms with van der Waals surface area (Å²) < 4.78 is 10.4. The van der Waals surface area contributed by atoms with E-state index in [9.17, 15) is 9.59 Å². The maximum atomic E-state index is 12.8. The maximum absolute atomic E-state index is 12.8. The smallest absolute Gasteiger partial charge is 0.309 e. The Kier molecular flexibility index (Phi) is 7.64. The van der Waals surface area contributed by atoms with Crippen LogP contribution in [-0.2, 0) is 9.53 Å². The lowest BCUT2D eigenvalue weighted by Crippen LogP contribution is -2.37. The molecule has 0 bridgehead atoms. The van der Waals surface area contributed by atoms with Gasteiger partial charge in [-0.2, -0.15) is 0 Å². The number of halogens is 1. The Morgan fingerprint density at radius 1 is 1.26 bits per heavy atom. The van der Waals surface area contributed by atoms with E-state index in [1.807, 2.05) is 41.5 Å². The lowest BCUT2D eigenvalue weighted by Gasteiger charge is -2.32. The number of nitrogens with zero attached hydrogens (tertiary/aromatic N) is 3. The summed E-state index contributed by atoms with van der Waals surface area (Å²) >= 11 is 7.80. The average molecular weight is 501 g/mol. The third-order valence-corrected chi connectivity index (χ3v) is 6.62. The van der Waals surface area contributed by atoms with E-state index in [0.29, 0.717) is 54.1 Å². The number of rotatable bonds is 7. The minimum atomic E-state index is -0.339. The van der Waals surface area contributed by atoms with Crippen LogP contribution in [0.25, 0.3) is 11.3 Å². The molecule has 0 saturated carbocycles. The number of pyridine rings is 1. The molecule has 0 radical (unpaired) electrons. The van der Waals surface area contributed by atoms with Crippen LogP contribution in [-0.4, -0.2) is 48.7 Å². The van der Waals surface area contributed by atoms with Gasteiger partial charge < -0.3 is 14.4 Å². The largest absolute Gasteiger partial charge is 0.497 e. The number of amides is 1. The molecule has 0 aliphatic carbocycles. The summed E-state index contributed by atoms with van der Waals surface area (Å²) in [6.07, 6.45) is 2.86. The molecule has 1 N–H and O–H groups in total. The third kappa shape index (κ3) is 5.48. The topological polar surface area (TPSA) is 93.7 Å². The third-order valence-electron chi connectivity index (χ3n) is 5.59. The van der Waals surface area contributed by atoms with E-state index in [4.69, 9.17) is 21.1 Å². The maximum Gasteiger partial charge on any atom is 0.309 e. The van der Waals surface area contributed by atoms with Crippen LogP contribution >= 0.6 is 22.9 Å². The Labute approximate surface area is 206 Å². The van der Waals surface area contributed by atoms with Crippen molar-refractivity contribution in [1.29, 1.82) is 0 Å². The standard InChI is InChI=1S/C24H25ClN4O4S/c1-3-33-23(31)15-7-9-29(10-8-15)21-19(25)12-17(13-26-21)22(30)28-24-27-20(14-34-24)16-5-4-6-18(11-16)32-2/h4-6,11-15H,3,7-10H2,1-2H3,(H,27,28,30). The summed E-state index contributed by atoms with van der Waals surface area (Å²) in [5, 5.41) is 5.54. The number of hydrogen-bond donors (Lipinski definition) is 1. The zero-order chi connectivity index (χ0) is 24.1. The van der Waals surface area contributed by atoms with Gasteiger partial charge in [0.1, 0.15) is 11.6 Å². The molecular weight excluding hydrogens is 476 g/mol. The summed E-state index contributed by atoms with van der Waals surface area (Å²) in [7, 11) is 1.61. The first-order valence-electron chi connectivity index (χ1n) is 11.0. The number of thiazole rings is 1. The van der Waals surface area contributed by atoms with Crippen LogP contribution in [0.2, 0.25) is 5.02 Å². The van der Waals surface area contributed by atoms with E-state index in [1.54, 1.807) is 13.2 Å². The Morgan fingerprint density at radius 2 is 2.06 bits per heavy atom. The van der Waals surface area contributed by atoms with Crippen LogP contribution in [0, 0.1) is 5.92 Å². The number of carbonyl (C=O) groups excluding carboxylic acids is 2. The molecule has 0 unspecified atom stereocenters. The molecule has 4 rings (SSSR count). The molecule has 3 heterocycles. The van der Waals surface area contributed by atoms with Gasteiger partial charge in [0.25, 0.3) is 5.91 Å². The van der Waals surface area contributed by atoms with Gasteiger partial charge in [-0.25, -0.2) is 9.97 Å². The fourth-order valence-corrected chi connectivity index (χ4v) is 4.79. The number of piperidine rings is 1. The highest BCUT2D eigenvalue weighted by Crippen LogP contribution is 2.30. The molecule has 0 atom stereocenters. The van der Waals surface area contributed by atoms with Crippen LogP contribution in [0.4, 0.5) is 10.9 Å². The number of esters is 1. The second kappa shape index (κ2) is 10.8. The molecule has 1 aliphatic heterocycles. The van der Waals surface area contributed by atoms with Crippen LogP contribution < -0.4 is 15.0 Å². The number of methoxy groups -OCH3 is 1. The first-order valence-corrected chi connectivity index (χ1v) is 12.2. The first-order chi connectivity index (χ1) is 16.5. The van der Waals surface area contributed by atoms with Crippen molar-refractivity contribution in [2.75, 3.05) is 37.0 Å². The highest BCUT2D eigenvalue weighted by Gasteiger charge is 2.27. The summed E-state index contributed by atoms with van der Waals surface area (Å²) in [6.45, 7) is 3.49. The predicted octanol–water partition coefficient (Wildman–Crippen LogP) is 4.90. The summed E-state index contributed by atoms with van der Waals surface area (Å²) in [5.41, 5.74) is 1.99. The van der Waals surface area contributed by atoms with E-state index in [2.05, 4.69) is 15.3 Å². The van der Waals surface area contributed by atoms with E-state index in [1.165, 1.54) is 17.5 Å². The van der Waals surface area contributed by atoms with Gasteiger partial charge in [0, 0.05) is 30.2 Å². The molecule has 0 spiro atoms. The molecule has 1 saturated heterocycles. The van der Waals surface area contributed by atoms with Gasteiger partial charge in [-0.15, -0.1) is 11.3 Å². The fourth-order valence-electron chi connectivity index (χ4n) is 3.79. The lowest BCUT2D eigenvalue weighted by atomic mass is 9.97. The Balaban J connectivity index is 1.39. The van der Waals surface area contributed by atoms with Crippen LogP contribution in [0.5, 0.6) is 5.75 Å². The molecule has 178 valence electrons. The Bertz CT molecular complexity index is 1180. The highest BCUT2D eigenvalue weighted by molar-refractivity contribution is 7.14. The normalized spacial score (nSPS) is 14.0. The Hall–Kier alpha value is -3.17. The Morgan fingerprint density at radius 3 is 2.76 bits per heavy atom. The zero-order valence-corrected chi connectivity index (χ0v) is 20.5. The van der Waals surface area contributed by atoms with Gasteiger partial charge >= 0.3 is 5.97 Å². The van der Waals surface area contributed by atoms with Crippen molar-refractivity contribution in [1.82, 2.24) is 9.97 Å². The summed E-state index contributed by atoms with van der Waals surface area (Å²) in [5.74, 6) is 0.760. The number of benzene rings is 1. The van der Waals surface area contributed by atoms with E-state index < -0.39 is 0 Å². The number of anilines is 2. The van der Waals surface area contributed by atoms with Gasteiger partial charge in [-0.3, -0.25) is 14.9 Å². The van der Waals surface area contributed by atoms with Crippen molar-refractivity contribution in [3.63, 3.8) is 0 Å². The van der Waals surface area contributed by atoms with E-state index in [0.717, 1.165) is 17.0 Å². The number of hydrogen-bond acceptors (Lipinski definition) is 8. The van der Waals surface area contributed by atoms with Gasteiger partial charge in [0.2, 0.25) is 0 Å². The molecule has 1 amide bonds. The van der Waals surface area contributed by atoms with Crippen molar-refractivity contribution in [3.8, 4) is 17.0 Å². The molecule has 1 fully saturated rings. The first kappa shape index (κ1) is 24.0. The van der Waals surface area contributed by atoms with E-state index >= 15 is 0 Å².